The minimum Gasteiger partial charge on any atom is -0.453 e. The van der Waals surface area contributed by atoms with Gasteiger partial charge in [0.05, 0.1) is 18.8 Å². The molecule has 3 heterocycles. The van der Waals surface area contributed by atoms with Gasteiger partial charge in [-0.1, -0.05) is 50.2 Å². The number of imidazole rings is 1. The zero-order chi connectivity index (χ0) is 36.8. The first-order chi connectivity index (χ1) is 25.1. The van der Waals surface area contributed by atoms with Gasteiger partial charge in [0.15, 0.2) is 0 Å². The Morgan fingerprint density at radius 2 is 1.48 bits per heavy atom. The Labute approximate surface area is 303 Å². The number of nitrogens with one attached hydrogen (secondary N) is 4. The molecule has 2 saturated heterocycles. The average Bonchev–Trinajstić information content (AvgIpc) is 3.87. The summed E-state index contributed by atoms with van der Waals surface area (Å²) in [5.74, 6) is 0.288. The Morgan fingerprint density at radius 1 is 0.846 bits per heavy atom. The van der Waals surface area contributed by atoms with Crippen molar-refractivity contribution in [1.82, 2.24) is 30.4 Å². The molecule has 2 aliphatic rings. The molecule has 0 saturated carbocycles. The van der Waals surface area contributed by atoms with Gasteiger partial charge in [-0.15, -0.1) is 0 Å². The number of benzene rings is 3. The molecule has 2 fully saturated rings. The first kappa shape index (κ1) is 36.0. The fourth-order valence-corrected chi connectivity index (χ4v) is 6.78. The van der Waals surface area contributed by atoms with Crippen molar-refractivity contribution >= 4 is 35.3 Å². The molecule has 0 aliphatic carbocycles. The maximum absolute atomic E-state index is 13.5. The molecule has 0 unspecified atom stereocenters. The first-order valence-corrected chi connectivity index (χ1v) is 17.7. The van der Waals surface area contributed by atoms with Crippen molar-refractivity contribution in [2.75, 3.05) is 57.1 Å². The molecule has 0 bridgehead atoms. The lowest BCUT2D eigenvalue weighted by Crippen LogP contribution is -2.51. The molecule has 272 valence electrons. The zero-order valence-corrected chi connectivity index (χ0v) is 30.0. The van der Waals surface area contributed by atoms with E-state index >= 15 is 0 Å². The van der Waals surface area contributed by atoms with Gasteiger partial charge in [0, 0.05) is 68.5 Å². The minimum atomic E-state index is -0.686. The van der Waals surface area contributed by atoms with Crippen LogP contribution in [0.5, 0.6) is 0 Å². The number of hydrogen-bond acceptors (Lipinski definition) is 7. The van der Waals surface area contributed by atoms with Crippen molar-refractivity contribution in [3.63, 3.8) is 0 Å². The van der Waals surface area contributed by atoms with Gasteiger partial charge in [0.1, 0.15) is 11.9 Å². The van der Waals surface area contributed by atoms with Crippen molar-refractivity contribution in [3.8, 4) is 22.4 Å². The number of urea groups is 1. The highest BCUT2D eigenvalue weighted by Gasteiger charge is 2.37. The van der Waals surface area contributed by atoms with Crippen LogP contribution in [-0.2, 0) is 9.53 Å². The topological polar surface area (TPSA) is 152 Å². The number of methoxy groups -OCH3 is 1. The molecular formula is C39H46N8O5. The highest BCUT2D eigenvalue weighted by molar-refractivity contribution is 6.04. The quantitative estimate of drug-likeness (QED) is 0.179. The number of piperazine rings is 1. The molecule has 0 radical (unpaired) electrons. The number of nitrogens with zero attached hydrogens (tertiary/aromatic N) is 4. The summed E-state index contributed by atoms with van der Waals surface area (Å²) in [7, 11) is 2.93. The number of alkyl carbamates (subject to hydrolysis) is 1. The second-order valence-corrected chi connectivity index (χ2v) is 13.4. The van der Waals surface area contributed by atoms with E-state index in [1.54, 1.807) is 16.8 Å². The van der Waals surface area contributed by atoms with E-state index in [1.165, 1.54) is 7.11 Å². The number of anilines is 2. The van der Waals surface area contributed by atoms with Crippen molar-refractivity contribution < 1.29 is 23.9 Å². The van der Waals surface area contributed by atoms with Gasteiger partial charge >= 0.3 is 12.1 Å². The first-order valence-electron chi connectivity index (χ1n) is 17.7. The molecule has 4 aromatic rings. The van der Waals surface area contributed by atoms with Crippen LogP contribution in [-0.4, -0.2) is 96.6 Å². The molecule has 3 aromatic carbocycles. The van der Waals surface area contributed by atoms with Crippen molar-refractivity contribution in [1.29, 1.82) is 0 Å². The minimum absolute atomic E-state index is 0.0600. The monoisotopic (exact) mass is 706 g/mol. The Kier molecular flexibility index (Phi) is 11.1. The Bertz CT molecular complexity index is 1870. The highest BCUT2D eigenvalue weighted by Crippen LogP contribution is 2.33. The summed E-state index contributed by atoms with van der Waals surface area (Å²) in [6, 6.07) is 22.4. The lowest BCUT2D eigenvalue weighted by Gasteiger charge is -2.35. The van der Waals surface area contributed by atoms with Crippen LogP contribution >= 0.6 is 0 Å². The Morgan fingerprint density at radius 3 is 2.10 bits per heavy atom. The van der Waals surface area contributed by atoms with Crippen LogP contribution in [0.15, 0.2) is 79.0 Å². The molecule has 1 aromatic heterocycles. The number of likely N-dealkylation sites (tertiary alicyclic amines) is 1. The van der Waals surface area contributed by atoms with Crippen molar-refractivity contribution in [3.05, 3.63) is 90.4 Å². The van der Waals surface area contributed by atoms with Crippen LogP contribution in [0.4, 0.5) is 21.0 Å². The summed E-state index contributed by atoms with van der Waals surface area (Å²) in [6.45, 7) is 7.16. The lowest BCUT2D eigenvalue weighted by molar-refractivity contribution is -0.135. The summed E-state index contributed by atoms with van der Waals surface area (Å²) in [5.41, 5.74) is 6.04. The van der Waals surface area contributed by atoms with E-state index in [1.807, 2.05) is 92.8 Å². The molecule has 13 heteroatoms. The van der Waals surface area contributed by atoms with E-state index in [4.69, 9.17) is 9.72 Å². The van der Waals surface area contributed by atoms with Crippen LogP contribution < -0.4 is 20.9 Å². The van der Waals surface area contributed by atoms with Crippen LogP contribution in [0, 0.1) is 5.92 Å². The fraction of sp³-hybridized carbons (Fsp3) is 0.359. The number of rotatable bonds is 9. The molecule has 2 aliphatic heterocycles. The summed E-state index contributed by atoms with van der Waals surface area (Å²) < 4.78 is 4.74. The van der Waals surface area contributed by atoms with Crippen LogP contribution in [0.3, 0.4) is 0 Å². The predicted molar refractivity (Wildman–Crippen MR) is 200 cm³/mol. The van der Waals surface area contributed by atoms with E-state index in [9.17, 15) is 19.2 Å². The van der Waals surface area contributed by atoms with E-state index in [0.29, 0.717) is 30.9 Å². The predicted octanol–water partition coefficient (Wildman–Crippen LogP) is 5.50. The number of ether oxygens (including phenoxy) is 1. The van der Waals surface area contributed by atoms with E-state index in [-0.39, 0.29) is 29.8 Å². The summed E-state index contributed by atoms with van der Waals surface area (Å²) >= 11 is 0. The second kappa shape index (κ2) is 16.0. The van der Waals surface area contributed by atoms with Gasteiger partial charge < -0.3 is 40.4 Å². The Hall–Kier alpha value is -5.85. The summed E-state index contributed by atoms with van der Waals surface area (Å²) in [6.07, 6.45) is 2.86. The second-order valence-electron chi connectivity index (χ2n) is 13.4. The van der Waals surface area contributed by atoms with E-state index in [0.717, 1.165) is 59.8 Å². The van der Waals surface area contributed by atoms with Gasteiger partial charge in [-0.2, -0.15) is 0 Å². The van der Waals surface area contributed by atoms with Gasteiger partial charge in [-0.25, -0.2) is 14.6 Å². The molecule has 4 N–H and O–H groups in total. The number of hydrogen-bond donors (Lipinski definition) is 4. The highest BCUT2D eigenvalue weighted by atomic mass is 16.5. The molecular weight excluding hydrogens is 660 g/mol. The molecule has 2 atom stereocenters. The average molecular weight is 707 g/mol. The van der Waals surface area contributed by atoms with Gasteiger partial charge in [0.2, 0.25) is 5.91 Å². The van der Waals surface area contributed by atoms with E-state index < -0.39 is 12.1 Å². The van der Waals surface area contributed by atoms with E-state index in [2.05, 4.69) is 25.8 Å². The maximum Gasteiger partial charge on any atom is 0.407 e. The SMILES string of the molecule is CNC(=O)N1CCN(c2ccc(C(=O)Nc3ccc(-c4ccc(-c5c[nH]c([C@@H]6CCCN6C(=O)[C@@H](NC(=O)OC)C(C)C)n5)cc4)cc3)cc2)CC1. The molecule has 52 heavy (non-hydrogen) atoms. The fourth-order valence-electron chi connectivity index (χ4n) is 6.78. The Balaban J connectivity index is 1.04. The third-order valence-electron chi connectivity index (χ3n) is 9.77. The third kappa shape index (κ3) is 8.03. The van der Waals surface area contributed by atoms with Gasteiger partial charge in [-0.05, 0) is 66.3 Å². The largest absolute Gasteiger partial charge is 0.453 e. The molecule has 6 rings (SSSR count). The summed E-state index contributed by atoms with van der Waals surface area (Å²) in [4.78, 5) is 64.2. The number of H-pyrrole nitrogens is 1. The van der Waals surface area contributed by atoms with Crippen LogP contribution in [0.1, 0.15) is 48.9 Å². The number of aromatic amines is 1. The molecule has 13 nitrogen and oxygen atoms in total. The molecule has 5 amide bonds. The van der Waals surface area contributed by atoms with Crippen LogP contribution in [0.25, 0.3) is 22.4 Å². The third-order valence-corrected chi connectivity index (χ3v) is 9.77. The standard InChI is InChI=1S/C39H46N8O5/c1-25(2)34(44-39(51)52-4)37(49)47-19-5-6-33(47)35-41-24-32(43-35)28-9-7-26(8-10-28)27-11-15-30(16-12-27)42-36(48)29-13-17-31(18-14-29)45-20-22-46(23-21-45)38(50)40-3/h7-18,24-25,33-34H,5-6,19-23H2,1-4H3,(H,40,50)(H,41,43)(H,42,48)(H,44,51)/t33-,34-/m0/s1. The normalized spacial score (nSPS) is 16.4. The summed E-state index contributed by atoms with van der Waals surface area (Å²) in [5, 5.41) is 8.34. The molecule has 0 spiro atoms. The number of carbonyl (C=O) groups excluding carboxylic acids is 4. The van der Waals surface area contributed by atoms with Gasteiger partial charge in [0.25, 0.3) is 5.91 Å². The number of amides is 5. The maximum atomic E-state index is 13.5. The van der Waals surface area contributed by atoms with Crippen molar-refractivity contribution in [2.45, 2.75) is 38.8 Å². The van der Waals surface area contributed by atoms with Crippen molar-refractivity contribution in [2.24, 2.45) is 5.92 Å². The van der Waals surface area contributed by atoms with Crippen LogP contribution in [0.2, 0.25) is 0 Å². The lowest BCUT2D eigenvalue weighted by atomic mass is 10.0. The zero-order valence-electron chi connectivity index (χ0n) is 30.0. The number of aromatic nitrogens is 2. The van der Waals surface area contributed by atoms with Gasteiger partial charge in [-0.3, -0.25) is 9.59 Å². The smallest absolute Gasteiger partial charge is 0.407 e. The number of carbonyl (C=O) groups is 4.